The fraction of sp³-hybridized carbons (Fsp3) is 0.894. The van der Waals surface area contributed by atoms with Crippen molar-refractivity contribution in [1.82, 2.24) is 5.32 Å². The van der Waals surface area contributed by atoms with Gasteiger partial charge in [0.25, 0.3) is 0 Å². The van der Waals surface area contributed by atoms with E-state index < -0.39 is 86.8 Å². The van der Waals surface area contributed by atoms with E-state index in [9.17, 15) is 45.6 Å². The number of allylic oxidation sites excluding steroid dienone is 5. The number of nitrogens with one attached hydrogen (secondary N) is 1. The predicted octanol–water partition coefficient (Wildman–Crippen LogP) is 12.6. The molecule has 0 bridgehead atoms. The van der Waals surface area contributed by atoms with Crippen LogP contribution in [0.1, 0.15) is 284 Å². The second kappa shape index (κ2) is 51.6. The number of rotatable bonds is 54. The van der Waals surface area contributed by atoms with Crippen molar-refractivity contribution in [3.63, 3.8) is 0 Å². The summed E-state index contributed by atoms with van der Waals surface area (Å²) < 4.78 is 22.8. The van der Waals surface area contributed by atoms with Gasteiger partial charge in [-0.1, -0.05) is 269 Å². The molecule has 80 heavy (non-hydrogen) atoms. The molecule has 2 aliphatic rings. The van der Waals surface area contributed by atoms with E-state index in [0.717, 1.165) is 44.9 Å². The third-order valence-corrected chi connectivity index (χ3v) is 16.3. The van der Waals surface area contributed by atoms with Gasteiger partial charge in [-0.15, -0.1) is 0 Å². The molecule has 470 valence electrons. The first-order valence-electron chi connectivity index (χ1n) is 33.2. The minimum absolute atomic E-state index is 0.248. The van der Waals surface area contributed by atoms with Gasteiger partial charge in [-0.3, -0.25) is 4.79 Å². The van der Waals surface area contributed by atoms with Crippen LogP contribution in [0, 0.1) is 0 Å². The van der Waals surface area contributed by atoms with Crippen LogP contribution in [0.3, 0.4) is 0 Å². The van der Waals surface area contributed by atoms with Gasteiger partial charge >= 0.3 is 0 Å². The summed E-state index contributed by atoms with van der Waals surface area (Å²) in [4.78, 5) is 13.3. The second-order valence-corrected chi connectivity index (χ2v) is 23.6. The van der Waals surface area contributed by atoms with Gasteiger partial charge in [0.2, 0.25) is 5.91 Å². The number of hydrogen-bond donors (Lipinski definition) is 9. The summed E-state index contributed by atoms with van der Waals surface area (Å²) in [5.41, 5.74) is 0. The minimum atomic E-state index is -1.79. The quantitative estimate of drug-likeness (QED) is 0.0204. The van der Waals surface area contributed by atoms with Crippen molar-refractivity contribution in [2.45, 2.75) is 357 Å². The van der Waals surface area contributed by atoms with Gasteiger partial charge in [0, 0.05) is 6.42 Å². The van der Waals surface area contributed by atoms with Crippen LogP contribution < -0.4 is 5.32 Å². The van der Waals surface area contributed by atoms with Crippen LogP contribution in [0.4, 0.5) is 0 Å². The first-order valence-corrected chi connectivity index (χ1v) is 33.2. The number of ether oxygens (including phenoxy) is 4. The Kier molecular flexibility index (Phi) is 47.9. The summed E-state index contributed by atoms with van der Waals surface area (Å²) in [6, 6.07) is -0.936. The van der Waals surface area contributed by atoms with Crippen LogP contribution in [-0.2, 0) is 23.7 Å². The van der Waals surface area contributed by atoms with Crippen molar-refractivity contribution in [3.05, 3.63) is 36.5 Å². The van der Waals surface area contributed by atoms with Crippen molar-refractivity contribution < 1.29 is 64.6 Å². The van der Waals surface area contributed by atoms with Gasteiger partial charge in [-0.25, -0.2) is 0 Å². The maximum Gasteiger partial charge on any atom is 0.220 e. The first-order chi connectivity index (χ1) is 39.1. The van der Waals surface area contributed by atoms with Crippen molar-refractivity contribution in [3.8, 4) is 0 Å². The molecule has 0 aromatic rings. The lowest BCUT2D eigenvalue weighted by molar-refractivity contribution is -0.359. The van der Waals surface area contributed by atoms with Gasteiger partial charge < -0.3 is 65.1 Å². The van der Waals surface area contributed by atoms with Gasteiger partial charge in [0.05, 0.1) is 32.0 Å². The summed E-state index contributed by atoms with van der Waals surface area (Å²) in [5.74, 6) is -0.248. The number of amides is 1. The standard InChI is InChI=1S/C66H123NO13/c1-3-5-7-9-11-13-15-17-19-21-23-25-27-28-30-32-34-36-38-40-42-44-46-48-50-58(71)67-54(53-77-65-63(76)61(74)64(57(52-69)79-65)80-66-62(75)60(73)59(72)56(51-68)78-66)55(70)49-47-45-43-41-39-37-35-33-31-29-26-24-22-20-18-16-14-12-10-8-6-4-2/h31,33,39,41,47,49,54-57,59-66,68-70,72-76H,3-30,32,34-38,40,42-46,48,50-53H2,1-2H3,(H,67,71)/b33-31+,41-39+,49-47+. The smallest absolute Gasteiger partial charge is 0.220 e. The number of unbranched alkanes of at least 4 members (excludes halogenated alkanes) is 37. The lowest BCUT2D eigenvalue weighted by Crippen LogP contribution is -2.65. The Morgan fingerprint density at radius 1 is 0.438 bits per heavy atom. The molecule has 0 aliphatic carbocycles. The molecule has 0 aromatic carbocycles. The molecule has 12 atom stereocenters. The highest BCUT2D eigenvalue weighted by Crippen LogP contribution is 2.30. The second-order valence-electron chi connectivity index (χ2n) is 23.6. The molecule has 2 aliphatic heterocycles. The number of aliphatic hydroxyl groups is 8. The highest BCUT2D eigenvalue weighted by atomic mass is 16.7. The molecule has 0 spiro atoms. The van der Waals surface area contributed by atoms with Crippen LogP contribution in [0.25, 0.3) is 0 Å². The van der Waals surface area contributed by atoms with Gasteiger partial charge in [-0.05, 0) is 44.9 Å². The number of hydrogen-bond acceptors (Lipinski definition) is 13. The molecule has 2 fully saturated rings. The molecule has 9 N–H and O–H groups in total. The SMILES string of the molecule is CCCCCCCCCCCCCC/C=C/CC/C=C/CC/C=C/C(O)C(COC1OC(CO)C(OC2OC(CO)C(O)C(O)C2O)C(O)C1O)NC(=O)CCCCCCCCCCCCCCCCCCCCCCCCCC. The molecule has 2 rings (SSSR count). The zero-order valence-corrected chi connectivity index (χ0v) is 50.8. The Bertz CT molecular complexity index is 1480. The third-order valence-electron chi connectivity index (χ3n) is 16.3. The predicted molar refractivity (Wildman–Crippen MR) is 323 cm³/mol. The van der Waals surface area contributed by atoms with E-state index in [2.05, 4.69) is 43.5 Å². The van der Waals surface area contributed by atoms with Gasteiger partial charge in [0.15, 0.2) is 12.6 Å². The molecule has 2 saturated heterocycles. The molecule has 14 heteroatoms. The van der Waals surface area contributed by atoms with Crippen molar-refractivity contribution >= 4 is 5.91 Å². The third kappa shape index (κ3) is 36.1. The molecule has 0 saturated carbocycles. The normalized spacial score (nSPS) is 24.4. The fourth-order valence-electron chi connectivity index (χ4n) is 11.0. The van der Waals surface area contributed by atoms with E-state index in [-0.39, 0.29) is 18.9 Å². The van der Waals surface area contributed by atoms with E-state index in [1.54, 1.807) is 6.08 Å². The van der Waals surface area contributed by atoms with Crippen LogP contribution in [0.15, 0.2) is 36.5 Å². The lowest BCUT2D eigenvalue weighted by Gasteiger charge is -2.46. The number of aliphatic hydroxyl groups excluding tert-OH is 8. The van der Waals surface area contributed by atoms with Crippen LogP contribution in [-0.4, -0.2) is 140 Å². The highest BCUT2D eigenvalue weighted by Gasteiger charge is 2.51. The van der Waals surface area contributed by atoms with E-state index in [1.807, 2.05) is 6.08 Å². The fourth-order valence-corrected chi connectivity index (χ4v) is 11.0. The molecule has 14 nitrogen and oxygen atoms in total. The molecule has 0 radical (unpaired) electrons. The Morgan fingerprint density at radius 2 is 0.800 bits per heavy atom. The molecule has 1 amide bonds. The van der Waals surface area contributed by atoms with Gasteiger partial charge in [-0.2, -0.15) is 0 Å². The minimum Gasteiger partial charge on any atom is -0.394 e. The molecule has 2 heterocycles. The Hall–Kier alpha value is -1.79. The lowest BCUT2D eigenvalue weighted by atomic mass is 9.97. The van der Waals surface area contributed by atoms with Crippen LogP contribution >= 0.6 is 0 Å². The summed E-state index contributed by atoms with van der Waals surface area (Å²) in [5, 5.41) is 87.3. The highest BCUT2D eigenvalue weighted by molar-refractivity contribution is 5.76. The number of carbonyl (C=O) groups excluding carboxylic acids is 1. The molecular formula is C66H123NO13. The average Bonchev–Trinajstić information content (AvgIpc) is 3.46. The van der Waals surface area contributed by atoms with Crippen LogP contribution in [0.2, 0.25) is 0 Å². The van der Waals surface area contributed by atoms with E-state index >= 15 is 0 Å². The van der Waals surface area contributed by atoms with E-state index in [0.29, 0.717) is 12.8 Å². The Morgan fingerprint density at radius 3 is 1.23 bits per heavy atom. The summed E-state index contributed by atoms with van der Waals surface area (Å²) in [7, 11) is 0. The Balaban J connectivity index is 1.73. The summed E-state index contributed by atoms with van der Waals surface area (Å²) in [6.45, 7) is 2.81. The van der Waals surface area contributed by atoms with Crippen molar-refractivity contribution in [1.29, 1.82) is 0 Å². The summed E-state index contributed by atoms with van der Waals surface area (Å²) in [6.07, 6.45) is 47.7. The molecule has 0 aromatic heterocycles. The van der Waals surface area contributed by atoms with Crippen molar-refractivity contribution in [2.75, 3.05) is 19.8 Å². The first kappa shape index (κ1) is 74.3. The zero-order chi connectivity index (χ0) is 58.1. The molecular weight excluding hydrogens is 1010 g/mol. The maximum absolute atomic E-state index is 13.3. The largest absolute Gasteiger partial charge is 0.394 e. The average molecular weight is 1140 g/mol. The topological polar surface area (TPSA) is 228 Å². The Labute approximate surface area is 487 Å². The van der Waals surface area contributed by atoms with Gasteiger partial charge in [0.1, 0.15) is 48.8 Å². The van der Waals surface area contributed by atoms with Crippen LogP contribution in [0.5, 0.6) is 0 Å². The zero-order valence-electron chi connectivity index (χ0n) is 50.8. The van der Waals surface area contributed by atoms with Crippen molar-refractivity contribution in [2.24, 2.45) is 0 Å². The summed E-state index contributed by atoms with van der Waals surface area (Å²) >= 11 is 0. The maximum atomic E-state index is 13.3. The van der Waals surface area contributed by atoms with E-state index in [4.69, 9.17) is 18.9 Å². The molecule has 12 unspecified atom stereocenters. The monoisotopic (exact) mass is 1140 g/mol. The van der Waals surface area contributed by atoms with E-state index in [1.165, 1.54) is 205 Å². The number of carbonyl (C=O) groups is 1.